The predicted molar refractivity (Wildman–Crippen MR) is 117 cm³/mol. The van der Waals surface area contributed by atoms with Gasteiger partial charge in [0.05, 0.1) is 11.8 Å². The Kier molecular flexibility index (Phi) is 7.23. The lowest BCUT2D eigenvalue weighted by atomic mass is 10.0. The predicted octanol–water partition coefficient (Wildman–Crippen LogP) is 5.11. The van der Waals surface area contributed by atoms with Crippen molar-refractivity contribution < 1.29 is 4.79 Å². The van der Waals surface area contributed by atoms with E-state index in [0.717, 1.165) is 34.7 Å². The van der Waals surface area contributed by atoms with Gasteiger partial charge in [0.1, 0.15) is 0 Å². The first-order valence-electron chi connectivity index (χ1n) is 9.42. The molecule has 0 aliphatic carbocycles. The number of carbonyl (C=O) groups is 1. The summed E-state index contributed by atoms with van der Waals surface area (Å²) < 4.78 is 0. The molecular weight excluding hydrogens is 386 g/mol. The highest BCUT2D eigenvalue weighted by Gasteiger charge is 2.18. The first-order valence-corrected chi connectivity index (χ1v) is 11.3. The zero-order valence-electron chi connectivity index (χ0n) is 16.4. The van der Waals surface area contributed by atoms with Gasteiger partial charge in [-0.3, -0.25) is 4.79 Å². The van der Waals surface area contributed by atoms with Gasteiger partial charge in [-0.25, -0.2) is 9.97 Å². The van der Waals surface area contributed by atoms with Crippen LogP contribution in [-0.4, -0.2) is 21.6 Å². The van der Waals surface area contributed by atoms with E-state index in [4.69, 9.17) is 0 Å². The smallest absolute Gasteiger partial charge is 0.231 e. The number of rotatable bonds is 8. The number of thioether (sulfide) groups is 1. The summed E-state index contributed by atoms with van der Waals surface area (Å²) in [5.41, 5.74) is 4.26. The number of thiophene rings is 1. The number of hydrogen-bond donors (Lipinski definition) is 1. The van der Waals surface area contributed by atoms with Gasteiger partial charge in [-0.1, -0.05) is 55.4 Å². The van der Waals surface area contributed by atoms with Gasteiger partial charge in [-0.2, -0.15) is 0 Å². The maximum absolute atomic E-state index is 12.7. The van der Waals surface area contributed by atoms with Crippen LogP contribution in [0.3, 0.4) is 0 Å². The van der Waals surface area contributed by atoms with Crippen molar-refractivity contribution in [3.05, 3.63) is 75.2 Å². The third-order valence-corrected chi connectivity index (χ3v) is 6.06. The van der Waals surface area contributed by atoms with Crippen molar-refractivity contribution in [2.75, 3.05) is 5.75 Å². The summed E-state index contributed by atoms with van der Waals surface area (Å²) in [7, 11) is 0. The summed E-state index contributed by atoms with van der Waals surface area (Å²) in [5, 5.41) is 5.86. The number of nitrogens with zero attached hydrogens (tertiary/aromatic N) is 2. The molecule has 0 fully saturated rings. The number of benzene rings is 1. The zero-order chi connectivity index (χ0) is 19.9. The van der Waals surface area contributed by atoms with Crippen molar-refractivity contribution >= 4 is 29.0 Å². The van der Waals surface area contributed by atoms with Crippen LogP contribution in [0, 0.1) is 13.8 Å². The lowest BCUT2D eigenvalue weighted by molar-refractivity contribution is -0.119. The summed E-state index contributed by atoms with van der Waals surface area (Å²) in [6.07, 6.45) is 2.20. The van der Waals surface area contributed by atoms with Crippen molar-refractivity contribution in [3.63, 3.8) is 0 Å². The molecule has 0 aliphatic rings. The standard InChI is InChI=1S/C22H25N3OS2/c1-4-6-17-8-10-18(11-9-17)21(19-7-5-12-27-19)25-20(26)14-28-22-23-15(2)13-16(3)24-22/h5,7-13,21H,4,6,14H2,1-3H3,(H,25,26)/t21-/m0/s1. The van der Waals surface area contributed by atoms with E-state index >= 15 is 0 Å². The zero-order valence-corrected chi connectivity index (χ0v) is 18.1. The molecule has 0 aliphatic heterocycles. The van der Waals surface area contributed by atoms with Gasteiger partial charge in [0.2, 0.25) is 5.91 Å². The van der Waals surface area contributed by atoms with Gasteiger partial charge in [0, 0.05) is 16.3 Å². The maximum Gasteiger partial charge on any atom is 0.231 e. The Hall–Kier alpha value is -2.18. The third-order valence-electron chi connectivity index (χ3n) is 4.28. The minimum absolute atomic E-state index is 0.0243. The highest BCUT2D eigenvalue weighted by atomic mass is 32.2. The first-order chi connectivity index (χ1) is 13.5. The molecule has 4 nitrogen and oxygen atoms in total. The Labute approximate surface area is 174 Å². The molecule has 1 N–H and O–H groups in total. The fourth-order valence-corrected chi connectivity index (χ4v) is 4.59. The monoisotopic (exact) mass is 411 g/mol. The lowest BCUT2D eigenvalue weighted by Gasteiger charge is -2.18. The van der Waals surface area contributed by atoms with Crippen LogP contribution in [-0.2, 0) is 11.2 Å². The van der Waals surface area contributed by atoms with Gasteiger partial charge in [0.25, 0.3) is 0 Å². The average molecular weight is 412 g/mol. The van der Waals surface area contributed by atoms with Gasteiger partial charge in [0.15, 0.2) is 5.16 Å². The van der Waals surface area contributed by atoms with Gasteiger partial charge < -0.3 is 5.32 Å². The molecule has 0 saturated carbocycles. The molecule has 2 heterocycles. The van der Waals surface area contributed by atoms with Crippen molar-refractivity contribution in [1.82, 2.24) is 15.3 Å². The minimum Gasteiger partial charge on any atom is -0.344 e. The SMILES string of the molecule is CCCc1ccc([C@H](NC(=O)CSc2nc(C)cc(C)n2)c2cccs2)cc1. The van der Waals surface area contributed by atoms with Crippen molar-refractivity contribution in [1.29, 1.82) is 0 Å². The first kappa shape index (κ1) is 20.6. The van der Waals surface area contributed by atoms with Gasteiger partial charge >= 0.3 is 0 Å². The number of hydrogen-bond acceptors (Lipinski definition) is 5. The van der Waals surface area contributed by atoms with E-state index in [0.29, 0.717) is 10.9 Å². The molecule has 0 saturated heterocycles. The normalized spacial score (nSPS) is 12.0. The van der Waals surface area contributed by atoms with E-state index < -0.39 is 0 Å². The molecule has 0 unspecified atom stereocenters. The van der Waals surface area contributed by atoms with E-state index in [2.05, 4.69) is 52.5 Å². The van der Waals surface area contributed by atoms with Crippen molar-refractivity contribution in [2.45, 2.75) is 44.8 Å². The van der Waals surface area contributed by atoms with Gasteiger partial charge in [-0.15, -0.1) is 11.3 Å². The van der Waals surface area contributed by atoms with Crippen LogP contribution in [0.5, 0.6) is 0 Å². The van der Waals surface area contributed by atoms with Crippen LogP contribution in [0.25, 0.3) is 0 Å². The van der Waals surface area contributed by atoms with Crippen molar-refractivity contribution in [2.24, 2.45) is 0 Å². The fraction of sp³-hybridized carbons (Fsp3) is 0.318. The lowest BCUT2D eigenvalue weighted by Crippen LogP contribution is -2.30. The maximum atomic E-state index is 12.7. The molecule has 3 aromatic rings. The molecule has 1 atom stereocenters. The molecule has 0 spiro atoms. The molecule has 3 rings (SSSR count). The Balaban J connectivity index is 1.70. The highest BCUT2D eigenvalue weighted by molar-refractivity contribution is 7.99. The van der Waals surface area contributed by atoms with Crippen LogP contribution >= 0.6 is 23.1 Å². The van der Waals surface area contributed by atoms with Crippen LogP contribution in [0.2, 0.25) is 0 Å². The number of amides is 1. The molecule has 1 amide bonds. The molecule has 6 heteroatoms. The second kappa shape index (κ2) is 9.85. The van der Waals surface area contributed by atoms with Crippen LogP contribution < -0.4 is 5.32 Å². The summed E-state index contributed by atoms with van der Waals surface area (Å²) in [4.78, 5) is 22.6. The largest absolute Gasteiger partial charge is 0.344 e. The molecule has 0 bridgehead atoms. The highest BCUT2D eigenvalue weighted by Crippen LogP contribution is 2.27. The summed E-state index contributed by atoms with van der Waals surface area (Å²) in [5.74, 6) is 0.266. The second-order valence-corrected chi connectivity index (χ2v) is 8.65. The molecule has 0 radical (unpaired) electrons. The topological polar surface area (TPSA) is 54.9 Å². The fourth-order valence-electron chi connectivity index (χ4n) is 3.03. The molecular formula is C22H25N3OS2. The number of nitrogens with one attached hydrogen (secondary N) is 1. The van der Waals surface area contributed by atoms with E-state index in [1.807, 2.05) is 31.4 Å². The summed E-state index contributed by atoms with van der Waals surface area (Å²) >= 11 is 3.02. The van der Waals surface area contributed by atoms with Crippen LogP contribution in [0.4, 0.5) is 0 Å². The van der Waals surface area contributed by atoms with Crippen molar-refractivity contribution in [3.8, 4) is 0 Å². The van der Waals surface area contributed by atoms with Gasteiger partial charge in [-0.05, 0) is 48.9 Å². The van der Waals surface area contributed by atoms with E-state index in [1.165, 1.54) is 17.3 Å². The third kappa shape index (κ3) is 5.66. The number of carbonyl (C=O) groups excluding carboxylic acids is 1. The molecule has 1 aromatic carbocycles. The Morgan fingerprint density at radius 3 is 2.46 bits per heavy atom. The van der Waals surface area contributed by atoms with Crippen LogP contribution in [0.15, 0.2) is 53.0 Å². The summed E-state index contributed by atoms with van der Waals surface area (Å²) in [6, 6.07) is 14.4. The Morgan fingerprint density at radius 2 is 1.86 bits per heavy atom. The van der Waals surface area contributed by atoms with Crippen LogP contribution in [0.1, 0.15) is 46.8 Å². The second-order valence-electron chi connectivity index (χ2n) is 6.73. The number of aromatic nitrogens is 2. The quantitative estimate of drug-likeness (QED) is 0.414. The minimum atomic E-state index is -0.135. The Bertz CT molecular complexity index is 888. The molecule has 2 aromatic heterocycles. The van der Waals surface area contributed by atoms with E-state index in [-0.39, 0.29) is 11.9 Å². The summed E-state index contributed by atoms with van der Waals surface area (Å²) in [6.45, 7) is 6.06. The Morgan fingerprint density at radius 1 is 1.14 bits per heavy atom. The molecule has 28 heavy (non-hydrogen) atoms. The number of aryl methyl sites for hydroxylation is 3. The average Bonchev–Trinajstić information content (AvgIpc) is 3.19. The van der Waals surface area contributed by atoms with E-state index in [9.17, 15) is 4.79 Å². The molecule has 146 valence electrons. The van der Waals surface area contributed by atoms with E-state index in [1.54, 1.807) is 11.3 Å².